The third-order valence-corrected chi connectivity index (χ3v) is 6.26. The van der Waals surface area contributed by atoms with Gasteiger partial charge in [0.25, 0.3) is 0 Å². The van der Waals surface area contributed by atoms with E-state index in [0.29, 0.717) is 22.4 Å². The van der Waals surface area contributed by atoms with Gasteiger partial charge < -0.3 is 9.88 Å². The highest BCUT2D eigenvalue weighted by atomic mass is 35.5. The van der Waals surface area contributed by atoms with E-state index in [-0.39, 0.29) is 0 Å². The molecule has 0 radical (unpaired) electrons. The zero-order valence-electron chi connectivity index (χ0n) is 16.4. The van der Waals surface area contributed by atoms with Gasteiger partial charge in [-0.2, -0.15) is 5.26 Å². The third-order valence-electron chi connectivity index (χ3n) is 5.38. The molecule has 8 heteroatoms. The van der Waals surface area contributed by atoms with Gasteiger partial charge in [-0.15, -0.1) is 10.2 Å². The Morgan fingerprint density at radius 3 is 2.86 bits per heavy atom. The number of benzene rings is 1. The zero-order valence-corrected chi connectivity index (χ0v) is 17.9. The molecule has 0 saturated heterocycles. The lowest BCUT2D eigenvalue weighted by Crippen LogP contribution is -2.12. The number of fused-ring (bicyclic) bond motifs is 1. The van der Waals surface area contributed by atoms with Crippen LogP contribution in [-0.4, -0.2) is 32.5 Å². The molecule has 0 amide bonds. The van der Waals surface area contributed by atoms with Crippen LogP contribution < -0.4 is 5.32 Å². The summed E-state index contributed by atoms with van der Waals surface area (Å²) in [5.41, 5.74) is 1.34. The van der Waals surface area contributed by atoms with Crippen molar-refractivity contribution in [2.45, 2.75) is 49.7 Å². The van der Waals surface area contributed by atoms with Gasteiger partial charge in [-0.25, -0.2) is 4.98 Å². The zero-order chi connectivity index (χ0) is 20.2. The van der Waals surface area contributed by atoms with Crippen molar-refractivity contribution in [3.8, 4) is 6.07 Å². The van der Waals surface area contributed by atoms with Gasteiger partial charge in [-0.3, -0.25) is 0 Å². The summed E-state index contributed by atoms with van der Waals surface area (Å²) in [7, 11) is 0. The molecule has 0 atom stereocenters. The number of pyridine rings is 1. The molecule has 29 heavy (non-hydrogen) atoms. The van der Waals surface area contributed by atoms with Crippen LogP contribution in [0.25, 0.3) is 10.9 Å². The van der Waals surface area contributed by atoms with E-state index < -0.39 is 0 Å². The number of nitriles is 1. The van der Waals surface area contributed by atoms with Gasteiger partial charge in [0.2, 0.25) is 0 Å². The van der Waals surface area contributed by atoms with E-state index in [4.69, 9.17) is 11.6 Å². The molecule has 2 aromatic heterocycles. The summed E-state index contributed by atoms with van der Waals surface area (Å²) in [5, 5.41) is 24.0. The average Bonchev–Trinajstić information content (AvgIpc) is 3.40. The fraction of sp³-hybridized carbons (Fsp3) is 0.429. The first kappa shape index (κ1) is 20.0. The molecule has 6 nitrogen and oxygen atoms in total. The standard InChI is InChI=1S/C21H23ClN6S/c1-29-21-27-26-20(28(21)16-5-2-3-6-16)7-4-10-24-19-11-14(13-23)17-12-15(22)8-9-18(17)25-19/h8-9,11-12,16H,2-7,10H2,1H3,(H,24,25). The molecule has 0 spiro atoms. The monoisotopic (exact) mass is 426 g/mol. The van der Waals surface area contributed by atoms with Gasteiger partial charge >= 0.3 is 0 Å². The summed E-state index contributed by atoms with van der Waals surface area (Å²) >= 11 is 7.72. The van der Waals surface area contributed by atoms with Crippen molar-refractivity contribution in [1.29, 1.82) is 5.26 Å². The first-order chi connectivity index (χ1) is 14.2. The normalized spacial score (nSPS) is 14.4. The molecule has 150 valence electrons. The van der Waals surface area contributed by atoms with Crippen molar-refractivity contribution in [2.75, 3.05) is 18.1 Å². The van der Waals surface area contributed by atoms with Gasteiger partial charge in [0.05, 0.1) is 17.1 Å². The van der Waals surface area contributed by atoms with Crippen molar-refractivity contribution in [1.82, 2.24) is 19.7 Å². The van der Waals surface area contributed by atoms with E-state index in [1.54, 1.807) is 30.0 Å². The Kier molecular flexibility index (Phi) is 6.22. The van der Waals surface area contributed by atoms with Crippen LogP contribution in [0.4, 0.5) is 5.82 Å². The number of nitrogens with zero attached hydrogens (tertiary/aromatic N) is 5. The van der Waals surface area contributed by atoms with Gasteiger partial charge in [0.1, 0.15) is 11.6 Å². The number of halogens is 1. The summed E-state index contributed by atoms with van der Waals surface area (Å²) < 4.78 is 2.35. The second-order valence-corrected chi connectivity index (χ2v) is 8.48. The molecule has 0 unspecified atom stereocenters. The molecule has 0 bridgehead atoms. The molecule has 2 heterocycles. The van der Waals surface area contributed by atoms with E-state index >= 15 is 0 Å². The summed E-state index contributed by atoms with van der Waals surface area (Å²) in [4.78, 5) is 4.61. The lowest BCUT2D eigenvalue weighted by atomic mass is 10.1. The second kappa shape index (κ2) is 9.02. The molecular formula is C21H23ClN6S. The number of nitrogens with one attached hydrogen (secondary N) is 1. The van der Waals surface area contributed by atoms with E-state index in [1.807, 2.05) is 6.07 Å². The number of rotatable bonds is 7. The summed E-state index contributed by atoms with van der Waals surface area (Å²) in [6, 6.07) is 9.99. The summed E-state index contributed by atoms with van der Waals surface area (Å²) in [6.45, 7) is 0.753. The largest absolute Gasteiger partial charge is 0.370 e. The van der Waals surface area contributed by atoms with E-state index in [2.05, 4.69) is 37.4 Å². The number of aromatic nitrogens is 4. The van der Waals surface area contributed by atoms with Crippen molar-refractivity contribution in [3.63, 3.8) is 0 Å². The Morgan fingerprint density at radius 2 is 2.10 bits per heavy atom. The lowest BCUT2D eigenvalue weighted by Gasteiger charge is -2.16. The molecule has 1 aliphatic rings. The van der Waals surface area contributed by atoms with Crippen LogP contribution in [0.3, 0.4) is 0 Å². The predicted octanol–water partition coefficient (Wildman–Crippen LogP) is 5.23. The van der Waals surface area contributed by atoms with Crippen molar-refractivity contribution >= 4 is 40.1 Å². The van der Waals surface area contributed by atoms with Gasteiger partial charge in [0, 0.05) is 29.4 Å². The van der Waals surface area contributed by atoms with Crippen molar-refractivity contribution in [2.24, 2.45) is 0 Å². The first-order valence-electron chi connectivity index (χ1n) is 9.91. The fourth-order valence-electron chi connectivity index (χ4n) is 3.99. The number of anilines is 1. The highest BCUT2D eigenvalue weighted by Crippen LogP contribution is 2.33. The number of hydrogen-bond donors (Lipinski definition) is 1. The average molecular weight is 427 g/mol. The maximum Gasteiger partial charge on any atom is 0.191 e. The molecule has 3 aromatic rings. The number of thioether (sulfide) groups is 1. The Hall–Kier alpha value is -2.30. The van der Waals surface area contributed by atoms with Crippen LogP contribution in [0, 0.1) is 11.3 Å². The third kappa shape index (κ3) is 4.34. The lowest BCUT2D eigenvalue weighted by molar-refractivity contribution is 0.461. The van der Waals surface area contributed by atoms with Crippen LogP contribution in [-0.2, 0) is 6.42 Å². The topological polar surface area (TPSA) is 79.4 Å². The summed E-state index contributed by atoms with van der Waals surface area (Å²) in [6.07, 6.45) is 8.87. The van der Waals surface area contributed by atoms with Gasteiger partial charge in [0.15, 0.2) is 5.16 Å². The molecule has 4 rings (SSSR count). The quantitative estimate of drug-likeness (QED) is 0.411. The minimum Gasteiger partial charge on any atom is -0.370 e. The van der Waals surface area contributed by atoms with Crippen LogP contribution in [0.2, 0.25) is 5.02 Å². The molecule has 1 N–H and O–H groups in total. The van der Waals surface area contributed by atoms with E-state index in [9.17, 15) is 5.26 Å². The smallest absolute Gasteiger partial charge is 0.191 e. The van der Waals surface area contributed by atoms with Crippen LogP contribution >= 0.6 is 23.4 Å². The maximum atomic E-state index is 9.46. The van der Waals surface area contributed by atoms with Gasteiger partial charge in [-0.05, 0) is 49.8 Å². The van der Waals surface area contributed by atoms with E-state index in [1.165, 1.54) is 25.7 Å². The highest BCUT2D eigenvalue weighted by molar-refractivity contribution is 7.98. The van der Waals surface area contributed by atoms with Crippen molar-refractivity contribution < 1.29 is 0 Å². The second-order valence-electron chi connectivity index (χ2n) is 7.27. The van der Waals surface area contributed by atoms with Crippen LogP contribution in [0.5, 0.6) is 0 Å². The minimum atomic E-state index is 0.544. The Labute approximate surface area is 179 Å². The molecule has 1 aliphatic carbocycles. The molecule has 1 fully saturated rings. The Bertz CT molecular complexity index is 1050. The van der Waals surface area contributed by atoms with Gasteiger partial charge in [-0.1, -0.05) is 36.2 Å². The number of hydrogen-bond acceptors (Lipinski definition) is 6. The SMILES string of the molecule is CSc1nnc(CCCNc2cc(C#N)c3cc(Cl)ccc3n2)n1C1CCCC1. The van der Waals surface area contributed by atoms with Crippen LogP contribution in [0.1, 0.15) is 49.5 Å². The Morgan fingerprint density at radius 1 is 1.28 bits per heavy atom. The fourth-order valence-corrected chi connectivity index (χ4v) is 4.74. The Balaban J connectivity index is 1.42. The van der Waals surface area contributed by atoms with E-state index in [0.717, 1.165) is 41.3 Å². The first-order valence-corrected chi connectivity index (χ1v) is 11.5. The maximum absolute atomic E-state index is 9.46. The summed E-state index contributed by atoms with van der Waals surface area (Å²) in [5.74, 6) is 1.78. The molecule has 0 aliphatic heterocycles. The predicted molar refractivity (Wildman–Crippen MR) is 118 cm³/mol. The minimum absolute atomic E-state index is 0.544. The highest BCUT2D eigenvalue weighted by Gasteiger charge is 2.23. The molecule has 1 saturated carbocycles. The van der Waals surface area contributed by atoms with Crippen LogP contribution in [0.15, 0.2) is 29.4 Å². The molecule has 1 aromatic carbocycles. The molecular weight excluding hydrogens is 404 g/mol. The van der Waals surface area contributed by atoms with Crippen molar-refractivity contribution in [3.05, 3.63) is 40.7 Å². The number of aryl methyl sites for hydroxylation is 1.